The van der Waals surface area contributed by atoms with Crippen LogP contribution in [0.25, 0.3) is 0 Å². The summed E-state index contributed by atoms with van der Waals surface area (Å²) in [5.41, 5.74) is 0. The Morgan fingerprint density at radius 1 is 1.75 bits per heavy atom. The Hall–Kier alpha value is -0.170. The summed E-state index contributed by atoms with van der Waals surface area (Å²) in [5.74, 6) is -0.759. The van der Waals surface area contributed by atoms with E-state index in [9.17, 15) is 9.18 Å². The third-order valence-corrected chi connectivity index (χ3v) is 2.63. The van der Waals surface area contributed by atoms with Gasteiger partial charge in [-0.2, -0.15) is 0 Å². The highest BCUT2D eigenvalue weighted by Gasteiger charge is 2.11. The molecular weight excluding hydrogens is 292 g/mol. The number of nitrogens with one attached hydrogen (secondary N) is 1. The molecule has 0 saturated heterocycles. The first kappa shape index (κ1) is 9.91. The molecule has 1 N–H and O–H groups in total. The van der Waals surface area contributed by atoms with Crippen LogP contribution in [0.4, 0.5) is 4.39 Å². The minimum atomic E-state index is -0.439. The molecule has 1 rings (SSSR count). The topological polar surface area (TPSA) is 29.1 Å². The molecule has 0 aromatic carbocycles. The molecule has 1 aromatic rings. The smallest absolute Gasteiger partial charge is 0.264 e. The molecule has 0 aliphatic heterocycles. The maximum Gasteiger partial charge on any atom is 0.264 e. The van der Waals surface area contributed by atoms with Gasteiger partial charge in [-0.1, -0.05) is 22.6 Å². The van der Waals surface area contributed by atoms with Crippen molar-refractivity contribution in [2.24, 2.45) is 0 Å². The van der Waals surface area contributed by atoms with E-state index in [0.29, 0.717) is 6.54 Å². The highest BCUT2D eigenvalue weighted by molar-refractivity contribution is 14.1. The number of carbonyl (C=O) groups is 1. The number of halogens is 2. The van der Waals surface area contributed by atoms with Crippen LogP contribution in [0.2, 0.25) is 0 Å². The van der Waals surface area contributed by atoms with Crippen molar-refractivity contribution in [1.29, 1.82) is 0 Å². The van der Waals surface area contributed by atoms with Gasteiger partial charge in [0.05, 0.1) is 0 Å². The van der Waals surface area contributed by atoms with Crippen LogP contribution in [0, 0.1) is 5.82 Å². The average Bonchev–Trinajstić information content (AvgIpc) is 2.47. The molecule has 1 aromatic heterocycles. The summed E-state index contributed by atoms with van der Waals surface area (Å²) in [6.07, 6.45) is 0. The zero-order chi connectivity index (χ0) is 8.97. The van der Waals surface area contributed by atoms with E-state index in [0.717, 1.165) is 15.8 Å². The van der Waals surface area contributed by atoms with Crippen LogP contribution in [0.5, 0.6) is 0 Å². The molecular formula is C7H7FINOS. The first-order valence-corrected chi connectivity index (χ1v) is 5.73. The standard InChI is InChI=1S/C7H7FINOS/c8-5-1-4-12-6(5)7(11)10-3-2-9/h1,4H,2-3H2,(H,10,11). The van der Waals surface area contributed by atoms with Crippen LogP contribution in [-0.2, 0) is 0 Å². The third-order valence-electron chi connectivity index (χ3n) is 1.20. The van der Waals surface area contributed by atoms with E-state index in [1.54, 1.807) is 5.38 Å². The molecule has 66 valence electrons. The molecule has 2 nitrogen and oxygen atoms in total. The highest BCUT2D eigenvalue weighted by atomic mass is 127. The van der Waals surface area contributed by atoms with E-state index in [1.165, 1.54) is 6.07 Å². The fourth-order valence-corrected chi connectivity index (χ4v) is 1.65. The Kier molecular flexibility index (Phi) is 3.93. The van der Waals surface area contributed by atoms with Crippen LogP contribution in [0.1, 0.15) is 9.67 Å². The summed E-state index contributed by atoms with van der Waals surface area (Å²) >= 11 is 3.26. The molecule has 1 amide bonds. The summed E-state index contributed by atoms with van der Waals surface area (Å²) < 4.78 is 13.6. The monoisotopic (exact) mass is 299 g/mol. The molecule has 1 heterocycles. The Morgan fingerprint density at radius 3 is 3.00 bits per heavy atom. The lowest BCUT2D eigenvalue weighted by Gasteiger charge is -1.99. The summed E-state index contributed by atoms with van der Waals surface area (Å²) in [5, 5.41) is 4.16. The first-order chi connectivity index (χ1) is 5.75. The van der Waals surface area contributed by atoms with Crippen LogP contribution >= 0.6 is 33.9 Å². The molecule has 5 heteroatoms. The lowest BCUT2D eigenvalue weighted by molar-refractivity contribution is 0.0957. The summed E-state index contributed by atoms with van der Waals surface area (Å²) in [6, 6.07) is 1.30. The van der Waals surface area contributed by atoms with Gasteiger partial charge in [0, 0.05) is 11.0 Å². The molecule has 12 heavy (non-hydrogen) atoms. The van der Waals surface area contributed by atoms with Crippen molar-refractivity contribution in [3.05, 3.63) is 22.1 Å². The summed E-state index contributed by atoms with van der Waals surface area (Å²) in [4.78, 5) is 11.3. The molecule has 0 aliphatic carbocycles. The van der Waals surface area contributed by atoms with Gasteiger partial charge in [-0.3, -0.25) is 4.79 Å². The van der Waals surface area contributed by atoms with Crippen molar-refractivity contribution < 1.29 is 9.18 Å². The number of hydrogen-bond acceptors (Lipinski definition) is 2. The van der Waals surface area contributed by atoms with E-state index >= 15 is 0 Å². The molecule has 0 bridgehead atoms. The second-order valence-corrected chi connectivity index (χ2v) is 4.04. The quantitative estimate of drug-likeness (QED) is 0.672. The molecule has 0 saturated carbocycles. The van der Waals surface area contributed by atoms with Gasteiger partial charge < -0.3 is 5.32 Å². The zero-order valence-corrected chi connectivity index (χ0v) is 9.12. The van der Waals surface area contributed by atoms with Gasteiger partial charge in [0.15, 0.2) is 0 Å². The van der Waals surface area contributed by atoms with Crippen molar-refractivity contribution in [2.45, 2.75) is 0 Å². The normalized spacial score (nSPS) is 9.83. The largest absolute Gasteiger partial charge is 0.350 e. The van der Waals surface area contributed by atoms with Crippen LogP contribution in [-0.4, -0.2) is 16.9 Å². The van der Waals surface area contributed by atoms with Crippen LogP contribution in [0.3, 0.4) is 0 Å². The fourth-order valence-electron chi connectivity index (χ4n) is 0.697. The number of alkyl halides is 1. The van der Waals surface area contributed by atoms with Crippen molar-refractivity contribution in [3.8, 4) is 0 Å². The predicted molar refractivity (Wildman–Crippen MR) is 55.5 cm³/mol. The van der Waals surface area contributed by atoms with E-state index in [2.05, 4.69) is 27.9 Å². The van der Waals surface area contributed by atoms with Crippen molar-refractivity contribution in [3.63, 3.8) is 0 Å². The van der Waals surface area contributed by atoms with Gasteiger partial charge >= 0.3 is 0 Å². The van der Waals surface area contributed by atoms with Crippen molar-refractivity contribution >= 4 is 39.8 Å². The third kappa shape index (κ3) is 2.41. The van der Waals surface area contributed by atoms with Gasteiger partial charge in [-0.05, 0) is 11.4 Å². The maximum atomic E-state index is 12.8. The Bertz CT molecular complexity index is 276. The lowest BCUT2D eigenvalue weighted by atomic mass is 10.4. The number of rotatable bonds is 3. The molecule has 0 spiro atoms. The van der Waals surface area contributed by atoms with Crippen LogP contribution in [0.15, 0.2) is 11.4 Å². The Balaban J connectivity index is 2.59. The fraction of sp³-hybridized carbons (Fsp3) is 0.286. The van der Waals surface area contributed by atoms with E-state index in [-0.39, 0.29) is 10.8 Å². The summed E-state index contributed by atoms with van der Waals surface area (Å²) in [6.45, 7) is 0.580. The molecule has 0 fully saturated rings. The average molecular weight is 299 g/mol. The van der Waals surface area contributed by atoms with E-state index in [4.69, 9.17) is 0 Å². The molecule has 0 atom stereocenters. The van der Waals surface area contributed by atoms with Gasteiger partial charge in [-0.25, -0.2) is 4.39 Å². The predicted octanol–water partition coefficient (Wildman–Crippen LogP) is 2.05. The van der Waals surface area contributed by atoms with E-state index in [1.807, 2.05) is 0 Å². The van der Waals surface area contributed by atoms with E-state index < -0.39 is 5.82 Å². The van der Waals surface area contributed by atoms with Gasteiger partial charge in [0.2, 0.25) is 0 Å². The van der Waals surface area contributed by atoms with Gasteiger partial charge in [0.25, 0.3) is 5.91 Å². The Morgan fingerprint density at radius 2 is 2.50 bits per heavy atom. The number of amides is 1. The minimum Gasteiger partial charge on any atom is -0.350 e. The lowest BCUT2D eigenvalue weighted by Crippen LogP contribution is -2.24. The minimum absolute atomic E-state index is 0.167. The first-order valence-electron chi connectivity index (χ1n) is 3.33. The van der Waals surface area contributed by atoms with Crippen LogP contribution < -0.4 is 5.32 Å². The maximum absolute atomic E-state index is 12.8. The number of hydrogen-bond donors (Lipinski definition) is 1. The SMILES string of the molecule is O=C(NCCI)c1sccc1F. The number of thiophene rings is 1. The van der Waals surface area contributed by atoms with Gasteiger partial charge in [0.1, 0.15) is 10.7 Å². The zero-order valence-electron chi connectivity index (χ0n) is 6.14. The molecule has 0 aliphatic rings. The Labute approximate surface area is 87.3 Å². The molecule has 0 unspecified atom stereocenters. The van der Waals surface area contributed by atoms with Crippen molar-refractivity contribution in [1.82, 2.24) is 5.32 Å². The van der Waals surface area contributed by atoms with Crippen molar-refractivity contribution in [2.75, 3.05) is 11.0 Å². The molecule has 0 radical (unpaired) electrons. The highest BCUT2D eigenvalue weighted by Crippen LogP contribution is 2.13. The second kappa shape index (κ2) is 4.76. The second-order valence-electron chi connectivity index (χ2n) is 2.04. The summed E-state index contributed by atoms with van der Waals surface area (Å²) in [7, 11) is 0. The van der Waals surface area contributed by atoms with Gasteiger partial charge in [-0.15, -0.1) is 11.3 Å². The number of carbonyl (C=O) groups excluding carboxylic acids is 1.